The normalized spacial score (nSPS) is 28.9. The van der Waals surface area contributed by atoms with E-state index >= 15 is 0 Å². The summed E-state index contributed by atoms with van der Waals surface area (Å²) in [5, 5.41) is 0. The number of likely N-dealkylation sites (tertiary alicyclic amines) is 1. The Hall–Kier alpha value is -1.32. The maximum absolute atomic E-state index is 12.0. The lowest BCUT2D eigenvalue weighted by Crippen LogP contribution is -2.33. The van der Waals surface area contributed by atoms with E-state index < -0.39 is 0 Å². The zero-order chi connectivity index (χ0) is 12.3. The van der Waals surface area contributed by atoms with Crippen LogP contribution in [0.25, 0.3) is 0 Å². The largest absolute Gasteiger partial charge is 0.500 e. The highest BCUT2D eigenvalue weighted by Crippen LogP contribution is 2.37. The first-order chi connectivity index (χ1) is 8.25. The van der Waals surface area contributed by atoms with Gasteiger partial charge in [0, 0.05) is 0 Å². The Morgan fingerprint density at radius 1 is 1.24 bits per heavy atom. The second kappa shape index (κ2) is 5.34. The van der Waals surface area contributed by atoms with Gasteiger partial charge in [-0.25, -0.2) is 0 Å². The summed E-state index contributed by atoms with van der Waals surface area (Å²) in [6, 6.07) is 0. The number of amides is 2. The molecule has 0 spiro atoms. The molecule has 1 aliphatic carbocycles. The van der Waals surface area contributed by atoms with Crippen LogP contribution in [-0.2, 0) is 14.3 Å². The molecule has 0 aromatic heterocycles. The molecule has 2 atom stereocenters. The second-order valence-electron chi connectivity index (χ2n) is 4.67. The summed E-state index contributed by atoms with van der Waals surface area (Å²) in [6.07, 6.45) is 7.26. The van der Waals surface area contributed by atoms with Crippen molar-refractivity contribution < 1.29 is 14.3 Å². The van der Waals surface area contributed by atoms with Crippen LogP contribution >= 0.6 is 0 Å². The summed E-state index contributed by atoms with van der Waals surface area (Å²) in [5.41, 5.74) is 0. The number of carbonyl (C=O) groups excluding carboxylic acids is 2. The summed E-state index contributed by atoms with van der Waals surface area (Å²) in [4.78, 5) is 25.5. The van der Waals surface area contributed by atoms with Gasteiger partial charge in [0.25, 0.3) is 0 Å². The SMILES string of the molecule is CC=COCCN1C(=O)C2CCCCC2C1=O. The van der Waals surface area contributed by atoms with Crippen LogP contribution in [0.5, 0.6) is 0 Å². The Morgan fingerprint density at radius 3 is 2.35 bits per heavy atom. The molecule has 2 aliphatic rings. The van der Waals surface area contributed by atoms with Crippen molar-refractivity contribution in [2.45, 2.75) is 32.6 Å². The summed E-state index contributed by atoms with van der Waals surface area (Å²) in [6.45, 7) is 2.64. The lowest BCUT2D eigenvalue weighted by atomic mass is 9.81. The standard InChI is InChI=1S/C13H19NO3/c1-2-8-17-9-7-14-12(15)10-5-3-4-6-11(10)13(14)16/h2,8,10-11H,3-7,9H2,1H3. The number of hydrogen-bond acceptors (Lipinski definition) is 3. The fourth-order valence-electron chi connectivity index (χ4n) is 2.76. The number of ether oxygens (including phenoxy) is 1. The van der Waals surface area contributed by atoms with Crippen LogP contribution in [0.3, 0.4) is 0 Å². The van der Waals surface area contributed by atoms with Gasteiger partial charge >= 0.3 is 0 Å². The molecule has 2 amide bonds. The van der Waals surface area contributed by atoms with Crippen LogP contribution < -0.4 is 0 Å². The molecule has 1 heterocycles. The Labute approximate surface area is 102 Å². The average Bonchev–Trinajstić information content (AvgIpc) is 2.60. The lowest BCUT2D eigenvalue weighted by molar-refractivity contribution is -0.140. The molecule has 94 valence electrons. The Balaban J connectivity index is 1.93. The summed E-state index contributed by atoms with van der Waals surface area (Å²) >= 11 is 0. The fraction of sp³-hybridized carbons (Fsp3) is 0.692. The number of fused-ring (bicyclic) bond motifs is 1. The Bertz CT molecular complexity index is 314. The molecule has 0 aromatic rings. The van der Waals surface area contributed by atoms with Gasteiger partial charge in [-0.05, 0) is 19.8 Å². The highest BCUT2D eigenvalue weighted by atomic mass is 16.5. The minimum absolute atomic E-state index is 0.0174. The third-order valence-electron chi connectivity index (χ3n) is 3.60. The predicted octanol–water partition coefficient (Wildman–Crippen LogP) is 1.71. The van der Waals surface area contributed by atoms with E-state index in [-0.39, 0.29) is 23.7 Å². The molecule has 0 bridgehead atoms. The Morgan fingerprint density at radius 2 is 1.82 bits per heavy atom. The van der Waals surface area contributed by atoms with Crippen molar-refractivity contribution >= 4 is 11.8 Å². The number of imide groups is 1. The maximum atomic E-state index is 12.0. The Kier molecular flexibility index (Phi) is 3.82. The molecule has 0 radical (unpaired) electrons. The van der Waals surface area contributed by atoms with Crippen molar-refractivity contribution in [3.63, 3.8) is 0 Å². The molecule has 2 rings (SSSR count). The predicted molar refractivity (Wildman–Crippen MR) is 62.9 cm³/mol. The smallest absolute Gasteiger partial charge is 0.233 e. The number of nitrogens with zero attached hydrogens (tertiary/aromatic N) is 1. The third kappa shape index (κ3) is 2.35. The van der Waals surface area contributed by atoms with Crippen molar-refractivity contribution in [3.05, 3.63) is 12.3 Å². The first kappa shape index (κ1) is 12.1. The minimum Gasteiger partial charge on any atom is -0.500 e. The van der Waals surface area contributed by atoms with Gasteiger partial charge in [0.05, 0.1) is 24.6 Å². The van der Waals surface area contributed by atoms with Crippen molar-refractivity contribution in [1.29, 1.82) is 0 Å². The van der Waals surface area contributed by atoms with Gasteiger partial charge in [-0.15, -0.1) is 0 Å². The number of hydrogen-bond donors (Lipinski definition) is 0. The van der Waals surface area contributed by atoms with Crippen LogP contribution in [0.1, 0.15) is 32.6 Å². The number of allylic oxidation sites excluding steroid dienone is 1. The molecular formula is C13H19NO3. The molecule has 2 unspecified atom stereocenters. The van der Waals surface area contributed by atoms with Gasteiger partial charge in [0.15, 0.2) is 0 Å². The minimum atomic E-state index is -0.0435. The molecule has 0 aromatic carbocycles. The van der Waals surface area contributed by atoms with Crippen LogP contribution in [0.4, 0.5) is 0 Å². The van der Waals surface area contributed by atoms with Gasteiger partial charge in [0.2, 0.25) is 11.8 Å². The van der Waals surface area contributed by atoms with E-state index in [2.05, 4.69) is 0 Å². The molecule has 2 fully saturated rings. The van der Waals surface area contributed by atoms with Crippen molar-refractivity contribution in [1.82, 2.24) is 4.90 Å². The maximum Gasteiger partial charge on any atom is 0.233 e. The van der Waals surface area contributed by atoms with E-state index in [0.29, 0.717) is 13.2 Å². The number of carbonyl (C=O) groups is 2. The van der Waals surface area contributed by atoms with Gasteiger partial charge in [-0.2, -0.15) is 0 Å². The van der Waals surface area contributed by atoms with E-state index in [0.717, 1.165) is 25.7 Å². The molecule has 1 saturated carbocycles. The van der Waals surface area contributed by atoms with Crippen molar-refractivity contribution in [3.8, 4) is 0 Å². The summed E-state index contributed by atoms with van der Waals surface area (Å²) in [7, 11) is 0. The molecule has 4 heteroatoms. The molecule has 0 N–H and O–H groups in total. The summed E-state index contributed by atoms with van der Waals surface area (Å²) < 4.78 is 5.17. The molecule has 1 aliphatic heterocycles. The van der Waals surface area contributed by atoms with E-state index in [9.17, 15) is 9.59 Å². The van der Waals surface area contributed by atoms with Gasteiger partial charge in [0.1, 0.15) is 6.61 Å². The second-order valence-corrected chi connectivity index (χ2v) is 4.67. The molecular weight excluding hydrogens is 218 g/mol. The first-order valence-corrected chi connectivity index (χ1v) is 6.33. The molecule has 1 saturated heterocycles. The lowest BCUT2D eigenvalue weighted by Gasteiger charge is -2.19. The van der Waals surface area contributed by atoms with Gasteiger partial charge in [-0.3, -0.25) is 14.5 Å². The van der Waals surface area contributed by atoms with E-state index in [1.54, 1.807) is 12.3 Å². The molecule has 17 heavy (non-hydrogen) atoms. The third-order valence-corrected chi connectivity index (χ3v) is 3.60. The zero-order valence-electron chi connectivity index (χ0n) is 10.2. The quantitative estimate of drug-likeness (QED) is 0.425. The van der Waals surface area contributed by atoms with Crippen LogP contribution in [0.2, 0.25) is 0 Å². The number of rotatable bonds is 4. The van der Waals surface area contributed by atoms with Crippen LogP contribution in [-0.4, -0.2) is 29.9 Å². The molecule has 4 nitrogen and oxygen atoms in total. The van der Waals surface area contributed by atoms with Crippen molar-refractivity contribution in [2.24, 2.45) is 11.8 Å². The van der Waals surface area contributed by atoms with Gasteiger partial charge < -0.3 is 4.74 Å². The van der Waals surface area contributed by atoms with Crippen LogP contribution in [0, 0.1) is 11.8 Å². The van der Waals surface area contributed by atoms with E-state index in [1.807, 2.05) is 6.92 Å². The highest BCUT2D eigenvalue weighted by Gasteiger charge is 2.47. The van der Waals surface area contributed by atoms with Crippen molar-refractivity contribution in [2.75, 3.05) is 13.2 Å². The highest BCUT2D eigenvalue weighted by molar-refractivity contribution is 6.05. The average molecular weight is 237 g/mol. The summed E-state index contributed by atoms with van der Waals surface area (Å²) in [5.74, 6) is -0.0523. The topological polar surface area (TPSA) is 46.6 Å². The van der Waals surface area contributed by atoms with Crippen LogP contribution in [0.15, 0.2) is 12.3 Å². The monoisotopic (exact) mass is 237 g/mol. The zero-order valence-corrected chi connectivity index (χ0v) is 10.2. The van der Waals surface area contributed by atoms with Gasteiger partial charge in [-0.1, -0.05) is 18.9 Å². The fourth-order valence-corrected chi connectivity index (χ4v) is 2.76. The first-order valence-electron chi connectivity index (χ1n) is 6.33. The van der Waals surface area contributed by atoms with E-state index in [1.165, 1.54) is 4.90 Å². The van der Waals surface area contributed by atoms with E-state index in [4.69, 9.17) is 4.74 Å².